The first kappa shape index (κ1) is 16.8. The molecule has 0 saturated carbocycles. The molecular formula is C19H19N5OS. The van der Waals surface area contributed by atoms with Crippen LogP contribution in [-0.2, 0) is 11.2 Å². The molecule has 2 atom stereocenters. The summed E-state index contributed by atoms with van der Waals surface area (Å²) >= 11 is 1.38. The molecule has 132 valence electrons. The number of aromatic nitrogens is 4. The smallest absolute Gasteiger partial charge is 0.240 e. The second kappa shape index (κ2) is 6.92. The monoisotopic (exact) mass is 365 g/mol. The second-order valence-corrected chi connectivity index (χ2v) is 7.67. The number of thioether (sulfide) groups is 1. The van der Waals surface area contributed by atoms with Crippen LogP contribution in [0.3, 0.4) is 0 Å². The number of carbonyl (C=O) groups excluding carboxylic acids is 1. The molecular weight excluding hydrogens is 346 g/mol. The summed E-state index contributed by atoms with van der Waals surface area (Å²) in [6.07, 6.45) is 0.890. The van der Waals surface area contributed by atoms with Gasteiger partial charge in [0.15, 0.2) is 0 Å². The van der Waals surface area contributed by atoms with Crippen molar-refractivity contribution in [2.24, 2.45) is 0 Å². The largest absolute Gasteiger partial charge is 0.308 e. The first-order valence-corrected chi connectivity index (χ1v) is 9.44. The van der Waals surface area contributed by atoms with Crippen molar-refractivity contribution in [1.82, 2.24) is 20.2 Å². The van der Waals surface area contributed by atoms with Gasteiger partial charge in [-0.15, -0.1) is 5.10 Å². The molecule has 0 fully saturated rings. The number of rotatable bonds is 4. The van der Waals surface area contributed by atoms with Crippen molar-refractivity contribution >= 4 is 23.4 Å². The average molecular weight is 365 g/mol. The van der Waals surface area contributed by atoms with E-state index < -0.39 is 0 Å². The van der Waals surface area contributed by atoms with Gasteiger partial charge in [-0.25, -0.2) is 0 Å². The first-order valence-electron chi connectivity index (χ1n) is 8.56. The number of anilines is 1. The predicted octanol–water partition coefficient (Wildman–Crippen LogP) is 3.12. The van der Waals surface area contributed by atoms with Crippen LogP contribution in [0.2, 0.25) is 0 Å². The first-order chi connectivity index (χ1) is 12.6. The van der Waals surface area contributed by atoms with Gasteiger partial charge in [0.1, 0.15) is 0 Å². The number of benzene rings is 2. The van der Waals surface area contributed by atoms with Crippen LogP contribution in [0.25, 0.3) is 5.69 Å². The Morgan fingerprint density at radius 2 is 1.88 bits per heavy atom. The lowest BCUT2D eigenvalue weighted by Gasteiger charge is -2.25. The van der Waals surface area contributed by atoms with Gasteiger partial charge in [0.2, 0.25) is 11.1 Å². The Labute approximate surface area is 156 Å². The number of nitrogens with zero attached hydrogens (tertiary/aromatic N) is 5. The zero-order chi connectivity index (χ0) is 18.1. The standard InChI is InChI=1S/C19H19N5OS/c1-13-12-15-8-6-7-11-17(15)23(13)18(25)14(2)26-19-20-21-22-24(19)16-9-4-3-5-10-16/h3-11,13-14H,12H2,1-2H3. The van der Waals surface area contributed by atoms with Crippen LogP contribution < -0.4 is 4.90 Å². The fraction of sp³-hybridized carbons (Fsp3) is 0.263. The molecule has 7 heteroatoms. The summed E-state index contributed by atoms with van der Waals surface area (Å²) in [4.78, 5) is 15.0. The molecule has 2 aromatic carbocycles. The Morgan fingerprint density at radius 3 is 2.69 bits per heavy atom. The van der Waals surface area contributed by atoms with E-state index in [1.54, 1.807) is 4.68 Å². The number of para-hydroxylation sites is 2. The molecule has 1 aliphatic heterocycles. The van der Waals surface area contributed by atoms with Crippen LogP contribution in [0.4, 0.5) is 5.69 Å². The van der Waals surface area contributed by atoms with E-state index in [2.05, 4.69) is 28.5 Å². The lowest BCUT2D eigenvalue weighted by molar-refractivity contribution is -0.118. The second-order valence-electron chi connectivity index (χ2n) is 6.36. The van der Waals surface area contributed by atoms with E-state index in [0.717, 1.165) is 17.8 Å². The van der Waals surface area contributed by atoms with Crippen LogP contribution >= 0.6 is 11.8 Å². The van der Waals surface area contributed by atoms with Gasteiger partial charge in [0.25, 0.3) is 0 Å². The highest BCUT2D eigenvalue weighted by atomic mass is 32.2. The normalized spacial score (nSPS) is 17.2. The molecule has 1 amide bonds. The molecule has 4 rings (SSSR count). The van der Waals surface area contributed by atoms with Gasteiger partial charge in [0.05, 0.1) is 10.9 Å². The van der Waals surface area contributed by atoms with Crippen molar-refractivity contribution in [1.29, 1.82) is 0 Å². The SMILES string of the molecule is CC(Sc1nnnn1-c1ccccc1)C(=O)N1c2ccccc2CC1C. The van der Waals surface area contributed by atoms with Gasteiger partial charge in [0, 0.05) is 11.7 Å². The predicted molar refractivity (Wildman–Crippen MR) is 102 cm³/mol. The molecule has 0 N–H and O–H groups in total. The molecule has 1 aromatic heterocycles. The highest BCUT2D eigenvalue weighted by Crippen LogP contribution is 2.34. The Hall–Kier alpha value is -2.67. The third-order valence-corrected chi connectivity index (χ3v) is 5.54. The molecule has 6 nitrogen and oxygen atoms in total. The third kappa shape index (κ3) is 2.99. The van der Waals surface area contributed by atoms with Crippen LogP contribution in [0.5, 0.6) is 0 Å². The molecule has 2 heterocycles. The van der Waals surface area contributed by atoms with Crippen molar-refractivity contribution in [2.45, 2.75) is 36.7 Å². The number of hydrogen-bond acceptors (Lipinski definition) is 5. The maximum absolute atomic E-state index is 13.1. The van der Waals surface area contributed by atoms with Gasteiger partial charge in [-0.05, 0) is 54.5 Å². The third-order valence-electron chi connectivity index (χ3n) is 4.52. The van der Waals surface area contributed by atoms with Crippen LogP contribution in [0.15, 0.2) is 59.8 Å². The van der Waals surface area contributed by atoms with E-state index in [9.17, 15) is 4.79 Å². The Bertz CT molecular complexity index is 926. The van der Waals surface area contributed by atoms with Crippen molar-refractivity contribution in [3.63, 3.8) is 0 Å². The van der Waals surface area contributed by atoms with Gasteiger partial charge in [-0.1, -0.05) is 48.2 Å². The molecule has 0 bridgehead atoms. The highest BCUT2D eigenvalue weighted by Gasteiger charge is 2.34. The summed E-state index contributed by atoms with van der Waals surface area (Å²) in [6.45, 7) is 3.99. The maximum Gasteiger partial charge on any atom is 0.240 e. The lowest BCUT2D eigenvalue weighted by Crippen LogP contribution is -2.40. The molecule has 1 aliphatic rings. The minimum absolute atomic E-state index is 0.0788. The van der Waals surface area contributed by atoms with Gasteiger partial charge in [-0.2, -0.15) is 4.68 Å². The van der Waals surface area contributed by atoms with E-state index in [0.29, 0.717) is 5.16 Å². The molecule has 3 aromatic rings. The fourth-order valence-corrected chi connectivity index (χ4v) is 4.15. The van der Waals surface area contributed by atoms with Crippen molar-refractivity contribution < 1.29 is 4.79 Å². The number of tetrazole rings is 1. The van der Waals surface area contributed by atoms with Gasteiger partial charge >= 0.3 is 0 Å². The van der Waals surface area contributed by atoms with E-state index in [1.165, 1.54) is 17.3 Å². The van der Waals surface area contributed by atoms with E-state index in [1.807, 2.05) is 60.4 Å². The maximum atomic E-state index is 13.1. The van der Waals surface area contributed by atoms with Crippen molar-refractivity contribution in [2.75, 3.05) is 4.90 Å². The number of amides is 1. The quantitative estimate of drug-likeness (QED) is 0.665. The fourth-order valence-electron chi connectivity index (χ4n) is 3.29. The van der Waals surface area contributed by atoms with Crippen LogP contribution in [-0.4, -0.2) is 37.4 Å². The highest BCUT2D eigenvalue weighted by molar-refractivity contribution is 8.00. The van der Waals surface area contributed by atoms with E-state index in [4.69, 9.17) is 0 Å². The summed E-state index contributed by atoms with van der Waals surface area (Å²) in [5, 5.41) is 12.2. The van der Waals surface area contributed by atoms with Crippen molar-refractivity contribution in [3.05, 3.63) is 60.2 Å². The zero-order valence-electron chi connectivity index (χ0n) is 14.6. The summed E-state index contributed by atoms with van der Waals surface area (Å²) < 4.78 is 1.66. The van der Waals surface area contributed by atoms with Gasteiger partial charge in [-0.3, -0.25) is 4.79 Å². The number of hydrogen-bond donors (Lipinski definition) is 0. The molecule has 0 aliphatic carbocycles. The summed E-state index contributed by atoms with van der Waals surface area (Å²) in [5.74, 6) is 0.0788. The topological polar surface area (TPSA) is 63.9 Å². The minimum Gasteiger partial charge on any atom is -0.308 e. The Balaban J connectivity index is 1.56. The molecule has 0 spiro atoms. The van der Waals surface area contributed by atoms with Gasteiger partial charge < -0.3 is 4.90 Å². The Kier molecular flexibility index (Phi) is 4.46. The summed E-state index contributed by atoms with van der Waals surface area (Å²) in [5.41, 5.74) is 3.11. The number of fused-ring (bicyclic) bond motifs is 1. The summed E-state index contributed by atoms with van der Waals surface area (Å²) in [7, 11) is 0. The van der Waals surface area contributed by atoms with Crippen LogP contribution in [0.1, 0.15) is 19.4 Å². The lowest BCUT2D eigenvalue weighted by atomic mass is 10.1. The average Bonchev–Trinajstić information content (AvgIpc) is 3.25. The van der Waals surface area contributed by atoms with Crippen molar-refractivity contribution in [3.8, 4) is 5.69 Å². The van der Waals surface area contributed by atoms with E-state index >= 15 is 0 Å². The number of carbonyl (C=O) groups is 1. The molecule has 2 unspecified atom stereocenters. The molecule has 26 heavy (non-hydrogen) atoms. The van der Waals surface area contributed by atoms with E-state index in [-0.39, 0.29) is 17.2 Å². The molecule has 0 radical (unpaired) electrons. The van der Waals surface area contributed by atoms with Crippen LogP contribution in [0, 0.1) is 0 Å². The Morgan fingerprint density at radius 1 is 1.15 bits per heavy atom. The minimum atomic E-state index is -0.294. The summed E-state index contributed by atoms with van der Waals surface area (Å²) in [6, 6.07) is 17.9. The zero-order valence-corrected chi connectivity index (χ0v) is 15.4. The molecule has 0 saturated heterocycles.